The molecule has 0 aliphatic carbocycles. The lowest BCUT2D eigenvalue weighted by Crippen LogP contribution is -2.34. The van der Waals surface area contributed by atoms with Crippen molar-refractivity contribution < 1.29 is 4.79 Å². The van der Waals surface area contributed by atoms with Crippen LogP contribution in [0.2, 0.25) is 0 Å². The van der Waals surface area contributed by atoms with Crippen molar-refractivity contribution in [2.45, 2.75) is 19.9 Å². The van der Waals surface area contributed by atoms with Crippen molar-refractivity contribution in [1.82, 2.24) is 15.3 Å². The van der Waals surface area contributed by atoms with E-state index in [1.54, 1.807) is 22.7 Å². The fraction of sp³-hybridized carbons (Fsp3) is 0.150. The van der Waals surface area contributed by atoms with Crippen LogP contribution < -0.4 is 10.6 Å². The number of anilines is 1. The summed E-state index contributed by atoms with van der Waals surface area (Å²) in [6, 6.07) is 13.6. The molecule has 0 aliphatic rings. The molecule has 0 saturated carbocycles. The van der Waals surface area contributed by atoms with Gasteiger partial charge in [0.05, 0.1) is 20.8 Å². The summed E-state index contributed by atoms with van der Waals surface area (Å²) in [6.07, 6.45) is 0. The zero-order valence-electron chi connectivity index (χ0n) is 14.9. The third-order valence-electron chi connectivity index (χ3n) is 3.85. The summed E-state index contributed by atoms with van der Waals surface area (Å²) in [7, 11) is 0. The van der Waals surface area contributed by atoms with Crippen LogP contribution in [0.4, 0.5) is 10.5 Å². The number of carbonyl (C=O) groups excluding carboxylic acids is 1. The van der Waals surface area contributed by atoms with Gasteiger partial charge in [-0.25, -0.2) is 14.8 Å². The van der Waals surface area contributed by atoms with Crippen molar-refractivity contribution >= 4 is 45.4 Å². The third kappa shape index (κ3) is 3.84. The summed E-state index contributed by atoms with van der Waals surface area (Å²) in [5.41, 5.74) is 3.99. The molecule has 3 heterocycles. The van der Waals surface area contributed by atoms with E-state index < -0.39 is 0 Å². The molecule has 0 atom stereocenters. The van der Waals surface area contributed by atoms with Crippen LogP contribution in [0, 0.1) is 0 Å². The molecule has 1 aromatic carbocycles. The second-order valence-corrected chi connectivity index (χ2v) is 8.23. The molecule has 0 radical (unpaired) electrons. The maximum atomic E-state index is 12.0. The molecule has 5 nitrogen and oxygen atoms in total. The lowest BCUT2D eigenvalue weighted by Gasteiger charge is -2.11. The highest BCUT2D eigenvalue weighted by atomic mass is 32.1. The molecule has 7 heteroatoms. The van der Waals surface area contributed by atoms with Crippen molar-refractivity contribution in [1.29, 1.82) is 0 Å². The zero-order valence-corrected chi connectivity index (χ0v) is 16.5. The number of nitrogens with one attached hydrogen (secondary N) is 2. The quantitative estimate of drug-likeness (QED) is 0.472. The molecule has 4 rings (SSSR count). The first-order valence-corrected chi connectivity index (χ1v) is 10.3. The number of amides is 2. The summed E-state index contributed by atoms with van der Waals surface area (Å²) in [5, 5.41) is 9.74. The van der Waals surface area contributed by atoms with Gasteiger partial charge < -0.3 is 10.6 Å². The predicted octanol–water partition coefficient (Wildman–Crippen LogP) is 5.62. The summed E-state index contributed by atoms with van der Waals surface area (Å²) >= 11 is 3.29. The first-order chi connectivity index (χ1) is 13.1. The first-order valence-electron chi connectivity index (χ1n) is 8.57. The average Bonchev–Trinajstić information content (AvgIpc) is 3.33. The van der Waals surface area contributed by atoms with E-state index in [1.165, 1.54) is 0 Å². The van der Waals surface area contributed by atoms with E-state index in [-0.39, 0.29) is 12.1 Å². The van der Waals surface area contributed by atoms with Crippen LogP contribution >= 0.6 is 22.7 Å². The SMILES string of the molecule is CC(C)NC(=O)Nc1ccc2nc(-c3cccs3)c(-c3cccs3)nc2c1. The molecule has 0 bridgehead atoms. The highest BCUT2D eigenvalue weighted by molar-refractivity contribution is 7.14. The molecule has 2 amide bonds. The van der Waals surface area contributed by atoms with Crippen LogP contribution in [0.3, 0.4) is 0 Å². The van der Waals surface area contributed by atoms with Crippen molar-refractivity contribution in [3.8, 4) is 21.1 Å². The minimum atomic E-state index is -0.231. The van der Waals surface area contributed by atoms with E-state index >= 15 is 0 Å². The van der Waals surface area contributed by atoms with E-state index in [1.807, 2.05) is 54.9 Å². The van der Waals surface area contributed by atoms with Gasteiger partial charge in [0.1, 0.15) is 11.4 Å². The van der Waals surface area contributed by atoms with Gasteiger partial charge in [-0.1, -0.05) is 12.1 Å². The number of hydrogen-bond acceptors (Lipinski definition) is 5. The summed E-state index contributed by atoms with van der Waals surface area (Å²) in [4.78, 5) is 23.9. The van der Waals surface area contributed by atoms with Crippen LogP contribution in [0.1, 0.15) is 13.8 Å². The van der Waals surface area contributed by atoms with E-state index in [2.05, 4.69) is 22.8 Å². The lowest BCUT2D eigenvalue weighted by atomic mass is 10.2. The maximum Gasteiger partial charge on any atom is 0.319 e. The number of aromatic nitrogens is 2. The second kappa shape index (κ2) is 7.46. The number of urea groups is 1. The lowest BCUT2D eigenvalue weighted by molar-refractivity contribution is 0.250. The van der Waals surface area contributed by atoms with E-state index in [0.717, 1.165) is 32.2 Å². The Morgan fingerprint density at radius 1 is 0.926 bits per heavy atom. The van der Waals surface area contributed by atoms with Gasteiger partial charge in [-0.3, -0.25) is 0 Å². The first kappa shape index (κ1) is 17.6. The zero-order chi connectivity index (χ0) is 18.8. The normalized spacial score (nSPS) is 11.1. The largest absolute Gasteiger partial charge is 0.336 e. The summed E-state index contributed by atoms with van der Waals surface area (Å²) in [5.74, 6) is 0. The molecule has 4 aromatic rings. The molecule has 0 saturated heterocycles. The Morgan fingerprint density at radius 2 is 1.56 bits per heavy atom. The molecule has 2 N–H and O–H groups in total. The number of hydrogen-bond donors (Lipinski definition) is 2. The smallest absolute Gasteiger partial charge is 0.319 e. The van der Waals surface area contributed by atoms with Crippen LogP contribution in [-0.2, 0) is 0 Å². The minimum absolute atomic E-state index is 0.0732. The summed E-state index contributed by atoms with van der Waals surface area (Å²) < 4.78 is 0. The average molecular weight is 395 g/mol. The molecule has 0 spiro atoms. The van der Waals surface area contributed by atoms with Crippen molar-refractivity contribution in [3.05, 3.63) is 53.2 Å². The minimum Gasteiger partial charge on any atom is -0.336 e. The molecular weight excluding hydrogens is 376 g/mol. The van der Waals surface area contributed by atoms with Gasteiger partial charge in [0.15, 0.2) is 0 Å². The molecule has 27 heavy (non-hydrogen) atoms. The maximum absolute atomic E-state index is 12.0. The number of rotatable bonds is 4. The highest BCUT2D eigenvalue weighted by Gasteiger charge is 2.15. The Balaban J connectivity index is 1.78. The molecule has 3 aromatic heterocycles. The Morgan fingerprint density at radius 3 is 2.11 bits per heavy atom. The molecular formula is C20H18N4OS2. The van der Waals surface area contributed by atoms with Gasteiger partial charge >= 0.3 is 6.03 Å². The Kier molecular flexibility index (Phi) is 4.87. The van der Waals surface area contributed by atoms with Crippen LogP contribution in [0.15, 0.2) is 53.2 Å². The van der Waals surface area contributed by atoms with Gasteiger partial charge in [-0.05, 0) is 54.9 Å². The number of carbonyl (C=O) groups is 1. The fourth-order valence-electron chi connectivity index (χ4n) is 2.73. The van der Waals surface area contributed by atoms with Crippen LogP contribution in [0.5, 0.6) is 0 Å². The van der Waals surface area contributed by atoms with Gasteiger partial charge in [-0.15, -0.1) is 22.7 Å². The van der Waals surface area contributed by atoms with Crippen molar-refractivity contribution in [2.24, 2.45) is 0 Å². The number of nitrogens with zero attached hydrogens (tertiary/aromatic N) is 2. The monoisotopic (exact) mass is 394 g/mol. The Bertz CT molecular complexity index is 1070. The number of thiophene rings is 2. The van der Waals surface area contributed by atoms with E-state index in [0.29, 0.717) is 5.69 Å². The Labute approximate surface area is 165 Å². The topological polar surface area (TPSA) is 66.9 Å². The van der Waals surface area contributed by atoms with Gasteiger partial charge in [0, 0.05) is 11.7 Å². The highest BCUT2D eigenvalue weighted by Crippen LogP contribution is 2.35. The van der Waals surface area contributed by atoms with Crippen molar-refractivity contribution in [2.75, 3.05) is 5.32 Å². The third-order valence-corrected chi connectivity index (χ3v) is 5.60. The predicted molar refractivity (Wildman–Crippen MR) is 113 cm³/mol. The Hall–Kier alpha value is -2.77. The van der Waals surface area contributed by atoms with Gasteiger partial charge in [0.25, 0.3) is 0 Å². The van der Waals surface area contributed by atoms with Gasteiger partial charge in [-0.2, -0.15) is 0 Å². The van der Waals surface area contributed by atoms with Crippen LogP contribution in [0.25, 0.3) is 32.2 Å². The van der Waals surface area contributed by atoms with Crippen molar-refractivity contribution in [3.63, 3.8) is 0 Å². The molecule has 0 unspecified atom stereocenters. The molecule has 136 valence electrons. The fourth-order valence-corrected chi connectivity index (χ4v) is 4.16. The number of fused-ring (bicyclic) bond motifs is 1. The molecule has 0 fully saturated rings. The van der Waals surface area contributed by atoms with E-state index in [4.69, 9.17) is 9.97 Å². The standard InChI is InChI=1S/C20H18N4OS2/c1-12(2)21-20(25)22-13-7-8-14-15(11-13)24-19(17-6-4-10-27-17)18(23-14)16-5-3-9-26-16/h3-12H,1-2H3,(H2,21,22,25). The molecule has 0 aliphatic heterocycles. The van der Waals surface area contributed by atoms with E-state index in [9.17, 15) is 4.79 Å². The number of benzene rings is 1. The van der Waals surface area contributed by atoms with Gasteiger partial charge in [0.2, 0.25) is 0 Å². The summed E-state index contributed by atoms with van der Waals surface area (Å²) in [6.45, 7) is 3.84. The second-order valence-electron chi connectivity index (χ2n) is 6.33. The van der Waals surface area contributed by atoms with Crippen LogP contribution in [-0.4, -0.2) is 22.0 Å².